The molecule has 0 spiro atoms. The van der Waals surface area contributed by atoms with Crippen LogP contribution in [0.25, 0.3) is 0 Å². The second kappa shape index (κ2) is 7.81. The van der Waals surface area contributed by atoms with E-state index in [1.807, 2.05) is 35.2 Å². The van der Waals surface area contributed by atoms with Gasteiger partial charge in [0.1, 0.15) is 0 Å². The first-order valence-electron chi connectivity index (χ1n) is 7.72. The van der Waals surface area contributed by atoms with Gasteiger partial charge in [0.15, 0.2) is 0 Å². The first kappa shape index (κ1) is 15.5. The van der Waals surface area contributed by atoms with Gasteiger partial charge >= 0.3 is 5.97 Å². The van der Waals surface area contributed by atoms with E-state index in [1.165, 1.54) is 5.56 Å². The van der Waals surface area contributed by atoms with Crippen molar-refractivity contribution in [2.24, 2.45) is 0 Å². The molecule has 1 fully saturated rings. The van der Waals surface area contributed by atoms with Crippen LogP contribution >= 0.6 is 0 Å². The minimum Gasteiger partial charge on any atom is -0.481 e. The molecule has 1 atom stereocenters. The summed E-state index contributed by atoms with van der Waals surface area (Å²) in [5.41, 5.74) is 1.17. The number of aliphatic carboxylic acids is 1. The molecule has 1 aliphatic heterocycles. The number of hydrogen-bond donors (Lipinski definition) is 1. The van der Waals surface area contributed by atoms with Gasteiger partial charge in [0.05, 0.1) is 0 Å². The van der Waals surface area contributed by atoms with Crippen LogP contribution in [0.4, 0.5) is 0 Å². The van der Waals surface area contributed by atoms with Gasteiger partial charge in [-0.1, -0.05) is 30.3 Å². The summed E-state index contributed by atoms with van der Waals surface area (Å²) < 4.78 is 0. The van der Waals surface area contributed by atoms with Gasteiger partial charge in [0, 0.05) is 25.4 Å². The predicted octanol–water partition coefficient (Wildman–Crippen LogP) is 2.87. The fourth-order valence-corrected chi connectivity index (χ4v) is 2.96. The fourth-order valence-electron chi connectivity index (χ4n) is 2.96. The Morgan fingerprint density at radius 1 is 1.14 bits per heavy atom. The van der Waals surface area contributed by atoms with Crippen molar-refractivity contribution in [3.63, 3.8) is 0 Å². The van der Waals surface area contributed by atoms with Gasteiger partial charge in [-0.15, -0.1) is 0 Å². The van der Waals surface area contributed by atoms with Crippen molar-refractivity contribution in [2.45, 2.75) is 51.0 Å². The molecule has 0 saturated carbocycles. The van der Waals surface area contributed by atoms with E-state index in [1.54, 1.807) is 0 Å². The van der Waals surface area contributed by atoms with Crippen LogP contribution in [0.15, 0.2) is 30.3 Å². The van der Waals surface area contributed by atoms with Gasteiger partial charge in [0.25, 0.3) is 0 Å². The first-order chi connectivity index (χ1) is 10.2. The van der Waals surface area contributed by atoms with Gasteiger partial charge < -0.3 is 10.0 Å². The Labute approximate surface area is 125 Å². The third-order valence-electron chi connectivity index (χ3n) is 4.11. The van der Waals surface area contributed by atoms with Crippen molar-refractivity contribution in [3.05, 3.63) is 35.9 Å². The Morgan fingerprint density at radius 3 is 2.62 bits per heavy atom. The zero-order chi connectivity index (χ0) is 15.1. The maximum absolute atomic E-state index is 12.4. The predicted molar refractivity (Wildman–Crippen MR) is 81.0 cm³/mol. The summed E-state index contributed by atoms with van der Waals surface area (Å²) in [5.74, 6) is -0.619. The van der Waals surface area contributed by atoms with Gasteiger partial charge in [-0.25, -0.2) is 0 Å². The SMILES string of the molecule is O=C(O)CC[C@@H]1CCCCN1C(=O)CCc1ccccc1. The molecule has 1 aliphatic rings. The fraction of sp³-hybridized carbons (Fsp3) is 0.529. The minimum atomic E-state index is -0.780. The van der Waals surface area contributed by atoms with Crippen LogP contribution in [0, 0.1) is 0 Å². The van der Waals surface area contributed by atoms with E-state index in [4.69, 9.17) is 5.11 Å². The van der Waals surface area contributed by atoms with E-state index in [-0.39, 0.29) is 18.4 Å². The molecule has 0 radical (unpaired) electrons. The van der Waals surface area contributed by atoms with Crippen molar-refractivity contribution in [2.75, 3.05) is 6.54 Å². The number of nitrogens with zero attached hydrogens (tertiary/aromatic N) is 1. The van der Waals surface area contributed by atoms with Crippen molar-refractivity contribution in [3.8, 4) is 0 Å². The molecule has 0 aromatic heterocycles. The van der Waals surface area contributed by atoms with Crippen LogP contribution in [-0.4, -0.2) is 34.5 Å². The van der Waals surface area contributed by atoms with E-state index >= 15 is 0 Å². The second-order valence-electron chi connectivity index (χ2n) is 5.65. The number of rotatable bonds is 6. The van der Waals surface area contributed by atoms with Gasteiger partial charge in [-0.2, -0.15) is 0 Å². The van der Waals surface area contributed by atoms with Crippen LogP contribution < -0.4 is 0 Å². The number of carboxylic acid groups (broad SMARTS) is 1. The van der Waals surface area contributed by atoms with Crippen molar-refractivity contribution >= 4 is 11.9 Å². The number of hydrogen-bond acceptors (Lipinski definition) is 2. The molecule has 4 nitrogen and oxygen atoms in total. The van der Waals surface area contributed by atoms with Crippen LogP contribution in [0.1, 0.15) is 44.1 Å². The molecule has 0 bridgehead atoms. The monoisotopic (exact) mass is 289 g/mol. The Balaban J connectivity index is 1.87. The molecule has 0 aliphatic carbocycles. The molecule has 1 aromatic rings. The molecule has 2 rings (SSSR count). The van der Waals surface area contributed by atoms with E-state index in [0.29, 0.717) is 12.8 Å². The number of carbonyl (C=O) groups is 2. The van der Waals surface area contributed by atoms with E-state index in [0.717, 1.165) is 32.2 Å². The Morgan fingerprint density at radius 2 is 1.90 bits per heavy atom. The summed E-state index contributed by atoms with van der Waals surface area (Å²) in [7, 11) is 0. The van der Waals surface area contributed by atoms with Gasteiger partial charge in [-0.3, -0.25) is 9.59 Å². The number of aryl methyl sites for hydroxylation is 1. The molecule has 21 heavy (non-hydrogen) atoms. The molecule has 1 aromatic carbocycles. The number of benzene rings is 1. The lowest BCUT2D eigenvalue weighted by molar-refractivity contribution is -0.140. The average molecular weight is 289 g/mol. The Kier molecular flexibility index (Phi) is 5.78. The summed E-state index contributed by atoms with van der Waals surface area (Å²) in [4.78, 5) is 25.0. The molecule has 4 heteroatoms. The molecule has 0 unspecified atom stereocenters. The number of carboxylic acids is 1. The zero-order valence-corrected chi connectivity index (χ0v) is 12.3. The zero-order valence-electron chi connectivity index (χ0n) is 12.3. The lowest BCUT2D eigenvalue weighted by Crippen LogP contribution is -2.44. The lowest BCUT2D eigenvalue weighted by Gasteiger charge is -2.35. The van der Waals surface area contributed by atoms with Crippen LogP contribution in [-0.2, 0) is 16.0 Å². The van der Waals surface area contributed by atoms with Crippen molar-refractivity contribution in [1.29, 1.82) is 0 Å². The number of piperidine rings is 1. The van der Waals surface area contributed by atoms with E-state index in [2.05, 4.69) is 0 Å². The van der Waals surface area contributed by atoms with Gasteiger partial charge in [0.2, 0.25) is 5.91 Å². The van der Waals surface area contributed by atoms with E-state index in [9.17, 15) is 9.59 Å². The van der Waals surface area contributed by atoms with Crippen molar-refractivity contribution in [1.82, 2.24) is 4.90 Å². The van der Waals surface area contributed by atoms with Crippen molar-refractivity contribution < 1.29 is 14.7 Å². The standard InChI is InChI=1S/C17H23NO3/c19-16(11-9-14-6-2-1-3-7-14)18-13-5-4-8-15(18)10-12-17(20)21/h1-3,6-7,15H,4-5,8-13H2,(H,20,21)/t15-/m0/s1. The van der Waals surface area contributed by atoms with Crippen LogP contribution in [0.5, 0.6) is 0 Å². The highest BCUT2D eigenvalue weighted by molar-refractivity contribution is 5.77. The topological polar surface area (TPSA) is 57.6 Å². The van der Waals surface area contributed by atoms with Gasteiger partial charge in [-0.05, 0) is 37.7 Å². The third kappa shape index (κ3) is 4.88. The summed E-state index contributed by atoms with van der Waals surface area (Å²) in [6, 6.07) is 10.1. The summed E-state index contributed by atoms with van der Waals surface area (Å²) in [6.07, 6.45) is 5.03. The quantitative estimate of drug-likeness (QED) is 0.876. The maximum atomic E-state index is 12.4. The maximum Gasteiger partial charge on any atom is 0.303 e. The molecule has 114 valence electrons. The van der Waals surface area contributed by atoms with Crippen LogP contribution in [0.2, 0.25) is 0 Å². The first-order valence-corrected chi connectivity index (χ1v) is 7.72. The largest absolute Gasteiger partial charge is 0.481 e. The number of carbonyl (C=O) groups excluding carboxylic acids is 1. The normalized spacial score (nSPS) is 18.5. The third-order valence-corrected chi connectivity index (χ3v) is 4.11. The summed E-state index contributed by atoms with van der Waals surface area (Å²) >= 11 is 0. The molecule has 1 N–H and O–H groups in total. The minimum absolute atomic E-state index is 0.109. The lowest BCUT2D eigenvalue weighted by atomic mass is 9.97. The highest BCUT2D eigenvalue weighted by Crippen LogP contribution is 2.22. The highest BCUT2D eigenvalue weighted by atomic mass is 16.4. The second-order valence-corrected chi connectivity index (χ2v) is 5.65. The molecule has 1 saturated heterocycles. The number of amides is 1. The van der Waals surface area contributed by atoms with E-state index < -0.39 is 5.97 Å². The summed E-state index contributed by atoms with van der Waals surface area (Å²) in [5, 5.41) is 8.82. The summed E-state index contributed by atoms with van der Waals surface area (Å²) in [6.45, 7) is 0.776. The molecular weight excluding hydrogens is 266 g/mol. The number of likely N-dealkylation sites (tertiary alicyclic amines) is 1. The smallest absolute Gasteiger partial charge is 0.303 e. The average Bonchev–Trinajstić information content (AvgIpc) is 2.52. The molecule has 1 heterocycles. The highest BCUT2D eigenvalue weighted by Gasteiger charge is 2.26. The molecular formula is C17H23NO3. The molecule has 1 amide bonds. The van der Waals surface area contributed by atoms with Crippen LogP contribution in [0.3, 0.4) is 0 Å². The Bertz CT molecular complexity index is 472. The Hall–Kier alpha value is -1.84.